The molecular formula is C20H17N5O2S. The van der Waals surface area contributed by atoms with Crippen molar-refractivity contribution in [3.05, 3.63) is 81.5 Å². The summed E-state index contributed by atoms with van der Waals surface area (Å²) < 4.78 is 1.22. The van der Waals surface area contributed by atoms with Crippen molar-refractivity contribution in [2.75, 3.05) is 5.32 Å². The molecular weight excluding hydrogens is 374 g/mol. The lowest BCUT2D eigenvalue weighted by Crippen LogP contribution is -2.30. The predicted octanol–water partition coefficient (Wildman–Crippen LogP) is 2.79. The molecule has 4 aromatic rings. The van der Waals surface area contributed by atoms with Crippen molar-refractivity contribution >= 4 is 33.1 Å². The van der Waals surface area contributed by atoms with Crippen LogP contribution in [-0.2, 0) is 17.8 Å². The summed E-state index contributed by atoms with van der Waals surface area (Å²) in [4.78, 5) is 33.5. The average molecular weight is 391 g/mol. The summed E-state index contributed by atoms with van der Waals surface area (Å²) in [7, 11) is 0. The Balaban J connectivity index is 1.68. The number of rotatable bonds is 5. The molecule has 3 heterocycles. The quantitative estimate of drug-likeness (QED) is 0.565. The number of aryl methyl sites for hydroxylation is 1. The Morgan fingerprint density at radius 2 is 1.89 bits per heavy atom. The number of benzene rings is 1. The van der Waals surface area contributed by atoms with E-state index in [2.05, 4.69) is 20.4 Å². The van der Waals surface area contributed by atoms with Crippen molar-refractivity contribution in [2.24, 2.45) is 0 Å². The van der Waals surface area contributed by atoms with E-state index in [9.17, 15) is 9.59 Å². The molecule has 0 aliphatic carbocycles. The van der Waals surface area contributed by atoms with Gasteiger partial charge < -0.3 is 5.32 Å². The minimum atomic E-state index is -0.339. The van der Waals surface area contributed by atoms with Crippen LogP contribution in [0.3, 0.4) is 0 Å². The number of pyridine rings is 1. The molecule has 1 amide bonds. The van der Waals surface area contributed by atoms with Gasteiger partial charge in [0.1, 0.15) is 6.54 Å². The van der Waals surface area contributed by atoms with Crippen LogP contribution < -0.4 is 10.9 Å². The van der Waals surface area contributed by atoms with Crippen LogP contribution in [0.5, 0.6) is 0 Å². The Kier molecular flexibility index (Phi) is 4.94. The number of aromatic nitrogens is 4. The zero-order chi connectivity index (χ0) is 19.5. The molecule has 1 N–H and O–H groups in total. The largest absolute Gasteiger partial charge is 0.300 e. The third-order valence-electron chi connectivity index (χ3n) is 4.22. The molecule has 0 fully saturated rings. The first-order valence-electron chi connectivity index (χ1n) is 8.70. The Bertz CT molecular complexity index is 1200. The predicted molar refractivity (Wildman–Crippen MR) is 109 cm³/mol. The first kappa shape index (κ1) is 18.0. The number of carbonyl (C=O) groups excluding carboxylic acids is 1. The Labute approximate surface area is 164 Å². The highest BCUT2D eigenvalue weighted by Crippen LogP contribution is 2.17. The fourth-order valence-electron chi connectivity index (χ4n) is 2.94. The monoisotopic (exact) mass is 391 g/mol. The van der Waals surface area contributed by atoms with Gasteiger partial charge in [0, 0.05) is 29.6 Å². The van der Waals surface area contributed by atoms with E-state index < -0.39 is 0 Å². The summed E-state index contributed by atoms with van der Waals surface area (Å²) in [5, 5.41) is 10.9. The minimum Gasteiger partial charge on any atom is -0.300 e. The van der Waals surface area contributed by atoms with Crippen LogP contribution in [0.25, 0.3) is 10.8 Å². The lowest BCUT2D eigenvalue weighted by Gasteiger charge is -2.11. The van der Waals surface area contributed by atoms with E-state index in [0.29, 0.717) is 16.9 Å². The van der Waals surface area contributed by atoms with E-state index in [-0.39, 0.29) is 18.0 Å². The number of hydrogen-bond acceptors (Lipinski definition) is 6. The zero-order valence-electron chi connectivity index (χ0n) is 15.1. The number of nitrogens with one attached hydrogen (secondary N) is 1. The molecule has 0 aliphatic heterocycles. The maximum atomic E-state index is 12.8. The number of nitrogens with zero attached hydrogens (tertiary/aromatic N) is 4. The van der Waals surface area contributed by atoms with E-state index >= 15 is 0 Å². The van der Waals surface area contributed by atoms with Crippen molar-refractivity contribution in [3.63, 3.8) is 0 Å². The van der Waals surface area contributed by atoms with Gasteiger partial charge in [-0.1, -0.05) is 18.2 Å². The SMILES string of the molecule is Cc1csc(NC(=O)Cn2nc(Cc3ccncc3)c3ccccc3c2=O)n1. The van der Waals surface area contributed by atoms with E-state index in [1.165, 1.54) is 16.0 Å². The fourth-order valence-corrected chi connectivity index (χ4v) is 3.65. The number of thiazole rings is 1. The summed E-state index contributed by atoms with van der Waals surface area (Å²) in [5.41, 5.74) is 2.31. The normalized spacial score (nSPS) is 10.9. The van der Waals surface area contributed by atoms with Gasteiger partial charge in [0.25, 0.3) is 5.56 Å². The fraction of sp³-hybridized carbons (Fsp3) is 0.150. The van der Waals surface area contributed by atoms with Crippen LogP contribution >= 0.6 is 11.3 Å². The van der Waals surface area contributed by atoms with Gasteiger partial charge in [-0.05, 0) is 30.7 Å². The molecule has 0 bridgehead atoms. The molecule has 0 saturated heterocycles. The van der Waals surface area contributed by atoms with Crippen molar-refractivity contribution in [3.8, 4) is 0 Å². The van der Waals surface area contributed by atoms with Gasteiger partial charge in [-0.3, -0.25) is 14.6 Å². The van der Waals surface area contributed by atoms with Crippen LogP contribution in [-0.4, -0.2) is 25.7 Å². The average Bonchev–Trinajstić information content (AvgIpc) is 3.11. The maximum Gasteiger partial charge on any atom is 0.275 e. The lowest BCUT2D eigenvalue weighted by atomic mass is 10.1. The number of hydrogen-bond donors (Lipinski definition) is 1. The van der Waals surface area contributed by atoms with E-state index in [0.717, 1.165) is 22.3 Å². The second-order valence-electron chi connectivity index (χ2n) is 6.33. The molecule has 0 spiro atoms. The second kappa shape index (κ2) is 7.69. The van der Waals surface area contributed by atoms with Gasteiger partial charge in [-0.25, -0.2) is 9.67 Å². The summed E-state index contributed by atoms with van der Waals surface area (Å²) in [6.07, 6.45) is 3.98. The Hall–Kier alpha value is -3.39. The first-order valence-corrected chi connectivity index (χ1v) is 9.58. The molecule has 7 nitrogen and oxygen atoms in total. The van der Waals surface area contributed by atoms with Crippen molar-refractivity contribution in [1.29, 1.82) is 0 Å². The van der Waals surface area contributed by atoms with Gasteiger partial charge in [-0.15, -0.1) is 11.3 Å². The van der Waals surface area contributed by atoms with Crippen LogP contribution in [0.2, 0.25) is 0 Å². The number of carbonyl (C=O) groups is 1. The van der Waals surface area contributed by atoms with Crippen LogP contribution in [0.4, 0.5) is 5.13 Å². The Morgan fingerprint density at radius 3 is 2.61 bits per heavy atom. The molecule has 0 atom stereocenters. The van der Waals surface area contributed by atoms with E-state index in [1.54, 1.807) is 18.5 Å². The lowest BCUT2D eigenvalue weighted by molar-refractivity contribution is -0.117. The molecule has 3 aromatic heterocycles. The highest BCUT2D eigenvalue weighted by Gasteiger charge is 2.14. The van der Waals surface area contributed by atoms with Gasteiger partial charge in [0.05, 0.1) is 16.8 Å². The third-order valence-corrected chi connectivity index (χ3v) is 5.10. The molecule has 28 heavy (non-hydrogen) atoms. The molecule has 0 saturated carbocycles. The van der Waals surface area contributed by atoms with Gasteiger partial charge in [0.15, 0.2) is 5.13 Å². The maximum absolute atomic E-state index is 12.8. The van der Waals surface area contributed by atoms with Crippen LogP contribution in [0.15, 0.2) is 59.0 Å². The first-order chi connectivity index (χ1) is 13.6. The van der Waals surface area contributed by atoms with E-state index in [4.69, 9.17) is 0 Å². The molecule has 0 radical (unpaired) electrons. The molecule has 1 aromatic carbocycles. The standard InChI is InChI=1S/C20H17N5O2S/c1-13-12-28-20(22-13)23-18(26)11-25-19(27)16-5-3-2-4-15(16)17(24-25)10-14-6-8-21-9-7-14/h2-9,12H,10-11H2,1H3,(H,22,23,26). The highest BCUT2D eigenvalue weighted by molar-refractivity contribution is 7.13. The number of amides is 1. The molecule has 4 rings (SSSR count). The minimum absolute atomic E-state index is 0.175. The van der Waals surface area contributed by atoms with Crippen molar-refractivity contribution in [1.82, 2.24) is 19.7 Å². The zero-order valence-corrected chi connectivity index (χ0v) is 15.9. The van der Waals surface area contributed by atoms with Crippen molar-refractivity contribution < 1.29 is 4.79 Å². The number of fused-ring (bicyclic) bond motifs is 1. The topological polar surface area (TPSA) is 89.8 Å². The second-order valence-corrected chi connectivity index (χ2v) is 7.19. The van der Waals surface area contributed by atoms with E-state index in [1.807, 2.05) is 42.6 Å². The summed E-state index contributed by atoms with van der Waals surface area (Å²) in [6, 6.07) is 11.1. The highest BCUT2D eigenvalue weighted by atomic mass is 32.1. The summed E-state index contributed by atoms with van der Waals surface area (Å²) in [6.45, 7) is 1.68. The Morgan fingerprint density at radius 1 is 1.14 bits per heavy atom. The van der Waals surface area contributed by atoms with Crippen LogP contribution in [0.1, 0.15) is 17.0 Å². The van der Waals surface area contributed by atoms with Crippen LogP contribution in [0, 0.1) is 6.92 Å². The molecule has 0 unspecified atom stereocenters. The summed E-state index contributed by atoms with van der Waals surface area (Å²) in [5.74, 6) is -0.339. The molecule has 0 aliphatic rings. The smallest absolute Gasteiger partial charge is 0.275 e. The molecule has 8 heteroatoms. The third kappa shape index (κ3) is 3.81. The molecule has 140 valence electrons. The van der Waals surface area contributed by atoms with Gasteiger partial charge >= 0.3 is 0 Å². The number of anilines is 1. The van der Waals surface area contributed by atoms with Gasteiger partial charge in [-0.2, -0.15) is 5.10 Å². The van der Waals surface area contributed by atoms with Gasteiger partial charge in [0.2, 0.25) is 5.91 Å². The summed E-state index contributed by atoms with van der Waals surface area (Å²) >= 11 is 1.34. The van der Waals surface area contributed by atoms with Crippen molar-refractivity contribution in [2.45, 2.75) is 19.9 Å².